The summed E-state index contributed by atoms with van der Waals surface area (Å²) in [7, 11) is 0. The molecule has 0 bridgehead atoms. The number of fused-ring (bicyclic) bond motifs is 1. The van der Waals surface area contributed by atoms with E-state index in [1.165, 1.54) is 0 Å². The van der Waals surface area contributed by atoms with E-state index < -0.39 is 5.60 Å². The molecule has 0 saturated heterocycles. The fraction of sp³-hybridized carbons (Fsp3) is 0.421. The number of nitrogens with one attached hydrogen (secondary N) is 2. The number of aromatic amines is 1. The lowest BCUT2D eigenvalue weighted by molar-refractivity contribution is 0.0222. The van der Waals surface area contributed by atoms with Gasteiger partial charge < -0.3 is 15.0 Å². The standard InChI is InChI=1S/C19H24N4O3S/c1-19(2,3)26-18(25)23-9-8-15-14(11-23)16(22-21-15)17(24)20-12-6-5-7-13(10-12)27-4/h5-7,10H,8-9,11H2,1-4H3,(H,20,24)(H,21,22). The third kappa shape index (κ3) is 4.63. The van der Waals surface area contributed by atoms with Crippen LogP contribution in [-0.4, -0.2) is 45.5 Å². The van der Waals surface area contributed by atoms with Gasteiger partial charge in [0.2, 0.25) is 0 Å². The topological polar surface area (TPSA) is 87.3 Å². The molecule has 1 aliphatic heterocycles. The van der Waals surface area contributed by atoms with Gasteiger partial charge in [-0.25, -0.2) is 4.79 Å². The van der Waals surface area contributed by atoms with Gasteiger partial charge in [0.15, 0.2) is 5.69 Å². The van der Waals surface area contributed by atoms with Crippen molar-refractivity contribution in [2.24, 2.45) is 0 Å². The normalized spacial score (nSPS) is 13.9. The monoisotopic (exact) mass is 388 g/mol. The zero-order valence-electron chi connectivity index (χ0n) is 16.0. The van der Waals surface area contributed by atoms with Crippen molar-refractivity contribution in [1.29, 1.82) is 0 Å². The number of anilines is 1. The van der Waals surface area contributed by atoms with Gasteiger partial charge in [0, 0.05) is 34.8 Å². The number of nitrogens with zero attached hydrogens (tertiary/aromatic N) is 2. The number of carbonyl (C=O) groups excluding carboxylic acids is 2. The number of hydrogen-bond acceptors (Lipinski definition) is 5. The Labute approximate surface area is 162 Å². The highest BCUT2D eigenvalue weighted by atomic mass is 32.2. The van der Waals surface area contributed by atoms with Crippen LogP contribution in [0.4, 0.5) is 10.5 Å². The Morgan fingerprint density at radius 1 is 1.33 bits per heavy atom. The zero-order valence-corrected chi connectivity index (χ0v) is 16.8. The summed E-state index contributed by atoms with van der Waals surface area (Å²) >= 11 is 1.61. The predicted molar refractivity (Wildman–Crippen MR) is 105 cm³/mol. The van der Waals surface area contributed by atoms with Crippen LogP contribution in [0.15, 0.2) is 29.2 Å². The van der Waals surface area contributed by atoms with E-state index in [2.05, 4.69) is 15.5 Å². The van der Waals surface area contributed by atoms with E-state index in [-0.39, 0.29) is 12.0 Å². The molecule has 2 aromatic rings. The minimum atomic E-state index is -0.559. The largest absolute Gasteiger partial charge is 0.444 e. The Kier molecular flexibility index (Phi) is 5.46. The average molecular weight is 388 g/mol. The maximum absolute atomic E-state index is 12.7. The third-order valence-corrected chi connectivity index (χ3v) is 4.85. The molecule has 1 aliphatic rings. The molecule has 2 heterocycles. The van der Waals surface area contributed by atoms with Crippen molar-refractivity contribution in [2.75, 3.05) is 18.1 Å². The van der Waals surface area contributed by atoms with Gasteiger partial charge in [-0.3, -0.25) is 9.89 Å². The quantitative estimate of drug-likeness (QED) is 0.783. The van der Waals surface area contributed by atoms with Gasteiger partial charge in [0.25, 0.3) is 5.91 Å². The lowest BCUT2D eigenvalue weighted by Gasteiger charge is -2.30. The number of rotatable bonds is 3. The first-order valence-corrected chi connectivity index (χ1v) is 9.99. The van der Waals surface area contributed by atoms with Gasteiger partial charge in [-0.05, 0) is 45.2 Å². The van der Waals surface area contributed by atoms with E-state index in [1.54, 1.807) is 16.7 Å². The smallest absolute Gasteiger partial charge is 0.410 e. The van der Waals surface area contributed by atoms with Crippen LogP contribution in [-0.2, 0) is 17.7 Å². The van der Waals surface area contributed by atoms with Crippen LogP contribution in [0, 0.1) is 0 Å². The fourth-order valence-corrected chi connectivity index (χ4v) is 3.32. The first kappa shape index (κ1) is 19.3. The maximum atomic E-state index is 12.7. The van der Waals surface area contributed by atoms with Crippen LogP contribution in [0.2, 0.25) is 0 Å². The van der Waals surface area contributed by atoms with Crippen molar-refractivity contribution in [3.05, 3.63) is 41.2 Å². The summed E-state index contributed by atoms with van der Waals surface area (Å²) in [6.45, 7) is 6.33. The van der Waals surface area contributed by atoms with Crippen LogP contribution in [0.5, 0.6) is 0 Å². The van der Waals surface area contributed by atoms with E-state index in [0.717, 1.165) is 16.2 Å². The van der Waals surface area contributed by atoms with E-state index >= 15 is 0 Å². The number of amides is 2. The highest BCUT2D eigenvalue weighted by molar-refractivity contribution is 7.98. The highest BCUT2D eigenvalue weighted by Gasteiger charge is 2.30. The summed E-state index contributed by atoms with van der Waals surface area (Å²) in [6.07, 6.45) is 2.21. The van der Waals surface area contributed by atoms with Gasteiger partial charge in [-0.2, -0.15) is 5.10 Å². The minimum Gasteiger partial charge on any atom is -0.444 e. The zero-order chi connectivity index (χ0) is 19.6. The van der Waals surface area contributed by atoms with Gasteiger partial charge in [0.05, 0.1) is 6.54 Å². The molecular weight excluding hydrogens is 364 g/mol. The molecule has 0 unspecified atom stereocenters. The average Bonchev–Trinajstić information content (AvgIpc) is 3.03. The number of carbonyl (C=O) groups is 2. The second-order valence-electron chi connectivity index (χ2n) is 7.37. The molecule has 3 rings (SSSR count). The summed E-state index contributed by atoms with van der Waals surface area (Å²) in [5.74, 6) is -0.295. The first-order valence-electron chi connectivity index (χ1n) is 8.76. The van der Waals surface area contributed by atoms with Crippen molar-refractivity contribution < 1.29 is 14.3 Å². The molecule has 1 aromatic carbocycles. The lowest BCUT2D eigenvalue weighted by Crippen LogP contribution is -2.40. The fourth-order valence-electron chi connectivity index (χ4n) is 2.86. The summed E-state index contributed by atoms with van der Waals surface area (Å²) in [6, 6.07) is 7.62. The van der Waals surface area contributed by atoms with Crippen molar-refractivity contribution >= 4 is 29.4 Å². The van der Waals surface area contributed by atoms with Crippen molar-refractivity contribution in [1.82, 2.24) is 15.1 Å². The number of benzene rings is 1. The maximum Gasteiger partial charge on any atom is 0.410 e. The predicted octanol–water partition coefficient (Wildman–Crippen LogP) is 3.68. The van der Waals surface area contributed by atoms with E-state index in [9.17, 15) is 9.59 Å². The van der Waals surface area contributed by atoms with Crippen LogP contribution >= 0.6 is 11.8 Å². The molecule has 0 aliphatic carbocycles. The molecule has 0 atom stereocenters. The van der Waals surface area contributed by atoms with Gasteiger partial charge >= 0.3 is 6.09 Å². The van der Waals surface area contributed by atoms with Gasteiger partial charge in [-0.1, -0.05) is 6.07 Å². The molecule has 2 N–H and O–H groups in total. The minimum absolute atomic E-state index is 0.295. The second-order valence-corrected chi connectivity index (χ2v) is 8.25. The number of ether oxygens (including phenoxy) is 1. The number of hydrogen-bond donors (Lipinski definition) is 2. The van der Waals surface area contributed by atoms with Crippen LogP contribution < -0.4 is 5.32 Å². The molecule has 0 fully saturated rings. The Balaban J connectivity index is 1.75. The van der Waals surface area contributed by atoms with Crippen LogP contribution in [0.25, 0.3) is 0 Å². The van der Waals surface area contributed by atoms with E-state index in [1.807, 2.05) is 51.3 Å². The lowest BCUT2D eigenvalue weighted by atomic mass is 10.1. The second kappa shape index (κ2) is 7.64. The third-order valence-electron chi connectivity index (χ3n) is 4.13. The van der Waals surface area contributed by atoms with E-state index in [0.29, 0.717) is 30.9 Å². The number of H-pyrrole nitrogens is 1. The highest BCUT2D eigenvalue weighted by Crippen LogP contribution is 2.24. The molecule has 0 radical (unpaired) electrons. The molecular formula is C19H24N4O3S. The Morgan fingerprint density at radius 3 is 2.81 bits per heavy atom. The summed E-state index contributed by atoms with van der Waals surface area (Å²) in [4.78, 5) is 27.7. The molecule has 2 amide bonds. The summed E-state index contributed by atoms with van der Waals surface area (Å²) < 4.78 is 5.44. The molecule has 8 heteroatoms. The summed E-state index contributed by atoms with van der Waals surface area (Å²) in [5, 5.41) is 10.00. The molecule has 7 nitrogen and oxygen atoms in total. The Hall–Kier alpha value is -2.48. The molecule has 1 aromatic heterocycles. The molecule has 0 spiro atoms. The van der Waals surface area contributed by atoms with Crippen molar-refractivity contribution in [3.63, 3.8) is 0 Å². The molecule has 0 saturated carbocycles. The van der Waals surface area contributed by atoms with Crippen LogP contribution in [0.1, 0.15) is 42.5 Å². The van der Waals surface area contributed by atoms with Gasteiger partial charge in [-0.15, -0.1) is 11.8 Å². The molecule has 144 valence electrons. The SMILES string of the molecule is CSc1cccc(NC(=O)c2n[nH]c3c2CN(C(=O)OC(C)(C)C)CC3)c1. The Morgan fingerprint density at radius 2 is 2.11 bits per heavy atom. The first-order chi connectivity index (χ1) is 12.8. The van der Waals surface area contributed by atoms with E-state index in [4.69, 9.17) is 4.74 Å². The van der Waals surface area contributed by atoms with Gasteiger partial charge in [0.1, 0.15) is 5.60 Å². The summed E-state index contributed by atoms with van der Waals surface area (Å²) in [5.41, 5.74) is 2.09. The van der Waals surface area contributed by atoms with Crippen molar-refractivity contribution in [2.45, 2.75) is 44.2 Å². The Bertz CT molecular complexity index is 857. The number of thioether (sulfide) groups is 1. The molecule has 27 heavy (non-hydrogen) atoms. The van der Waals surface area contributed by atoms with Crippen LogP contribution in [0.3, 0.4) is 0 Å². The van der Waals surface area contributed by atoms with Crippen molar-refractivity contribution in [3.8, 4) is 0 Å². The number of aromatic nitrogens is 2.